The number of nitrogens with zero attached hydrogens (tertiary/aromatic N) is 1. The van der Waals surface area contributed by atoms with E-state index in [-0.39, 0.29) is 11.8 Å². The molecule has 96 valence electrons. The molecule has 2 rings (SSSR count). The number of nitrogens with two attached hydrogens (primary N) is 1. The van der Waals surface area contributed by atoms with Crippen molar-refractivity contribution in [2.75, 3.05) is 13.6 Å². The zero-order chi connectivity index (χ0) is 13.1. The van der Waals surface area contributed by atoms with Crippen LogP contribution < -0.4 is 5.73 Å². The molecule has 1 atom stereocenters. The number of carbonyl (C=O) groups is 1. The number of para-hydroxylation sites is 1. The highest BCUT2D eigenvalue weighted by Gasteiger charge is 2.17. The van der Waals surface area contributed by atoms with E-state index in [4.69, 9.17) is 5.73 Å². The standard InChI is InChI=1S/C14H19N3O/c1-10(7-15)14(18)17(2)9-11-8-16-13-6-4-3-5-12(11)13/h3-6,8,10,16H,7,9,15H2,1-2H3. The number of aromatic amines is 1. The SMILES string of the molecule is CC(CN)C(=O)N(C)Cc1c[nH]c2ccccc12. The van der Waals surface area contributed by atoms with Gasteiger partial charge in [0.25, 0.3) is 0 Å². The van der Waals surface area contributed by atoms with Gasteiger partial charge in [0, 0.05) is 43.2 Å². The third-order valence-corrected chi connectivity index (χ3v) is 3.23. The first kappa shape index (κ1) is 12.6. The van der Waals surface area contributed by atoms with Gasteiger partial charge in [0.15, 0.2) is 0 Å². The molecule has 1 unspecified atom stereocenters. The Kier molecular flexibility index (Phi) is 3.67. The number of hydrogen-bond acceptors (Lipinski definition) is 2. The molecule has 0 saturated carbocycles. The highest BCUT2D eigenvalue weighted by atomic mass is 16.2. The number of amides is 1. The minimum atomic E-state index is -0.125. The lowest BCUT2D eigenvalue weighted by Gasteiger charge is -2.20. The summed E-state index contributed by atoms with van der Waals surface area (Å²) in [5.41, 5.74) is 7.75. The Bertz CT molecular complexity index is 547. The molecule has 1 amide bonds. The second kappa shape index (κ2) is 5.23. The fourth-order valence-electron chi connectivity index (χ4n) is 2.07. The average molecular weight is 245 g/mol. The molecule has 0 bridgehead atoms. The molecule has 2 aromatic rings. The molecule has 0 saturated heterocycles. The third-order valence-electron chi connectivity index (χ3n) is 3.23. The highest BCUT2D eigenvalue weighted by Crippen LogP contribution is 2.19. The lowest BCUT2D eigenvalue weighted by Crippen LogP contribution is -2.34. The van der Waals surface area contributed by atoms with Gasteiger partial charge in [-0.05, 0) is 11.6 Å². The Balaban J connectivity index is 2.16. The molecule has 4 nitrogen and oxygen atoms in total. The molecule has 0 aliphatic rings. The zero-order valence-corrected chi connectivity index (χ0v) is 10.8. The summed E-state index contributed by atoms with van der Waals surface area (Å²) in [6, 6.07) is 8.09. The Hall–Kier alpha value is -1.81. The monoisotopic (exact) mass is 245 g/mol. The quantitative estimate of drug-likeness (QED) is 0.861. The smallest absolute Gasteiger partial charge is 0.226 e. The summed E-state index contributed by atoms with van der Waals surface area (Å²) in [5.74, 6) is -0.0389. The van der Waals surface area contributed by atoms with Crippen LogP contribution >= 0.6 is 0 Å². The molecule has 1 heterocycles. The molecular weight excluding hydrogens is 226 g/mol. The maximum Gasteiger partial charge on any atom is 0.226 e. The topological polar surface area (TPSA) is 62.1 Å². The van der Waals surface area contributed by atoms with Crippen LogP contribution in [-0.4, -0.2) is 29.4 Å². The van der Waals surface area contributed by atoms with E-state index < -0.39 is 0 Å². The van der Waals surface area contributed by atoms with E-state index in [1.807, 2.05) is 38.4 Å². The van der Waals surface area contributed by atoms with Gasteiger partial charge in [-0.2, -0.15) is 0 Å². The van der Waals surface area contributed by atoms with Crippen LogP contribution in [0, 0.1) is 5.92 Å². The number of fused-ring (bicyclic) bond motifs is 1. The first-order valence-corrected chi connectivity index (χ1v) is 6.13. The predicted molar refractivity (Wildman–Crippen MR) is 73.0 cm³/mol. The zero-order valence-electron chi connectivity index (χ0n) is 10.8. The van der Waals surface area contributed by atoms with E-state index in [2.05, 4.69) is 11.1 Å². The van der Waals surface area contributed by atoms with Gasteiger partial charge in [0.2, 0.25) is 5.91 Å². The van der Waals surface area contributed by atoms with Crippen molar-refractivity contribution in [2.24, 2.45) is 11.7 Å². The molecule has 4 heteroatoms. The number of benzene rings is 1. The summed E-state index contributed by atoms with van der Waals surface area (Å²) >= 11 is 0. The molecule has 0 spiro atoms. The number of hydrogen-bond donors (Lipinski definition) is 2. The van der Waals surface area contributed by atoms with E-state index in [0.717, 1.165) is 16.5 Å². The maximum absolute atomic E-state index is 12.0. The van der Waals surface area contributed by atoms with Gasteiger partial charge in [-0.1, -0.05) is 25.1 Å². The minimum Gasteiger partial charge on any atom is -0.361 e. The Morgan fingerprint density at radius 1 is 1.44 bits per heavy atom. The van der Waals surface area contributed by atoms with Crippen molar-refractivity contribution >= 4 is 16.8 Å². The molecule has 0 radical (unpaired) electrons. The second-order valence-electron chi connectivity index (χ2n) is 4.69. The van der Waals surface area contributed by atoms with Gasteiger partial charge < -0.3 is 15.6 Å². The van der Waals surface area contributed by atoms with Crippen molar-refractivity contribution in [3.8, 4) is 0 Å². The van der Waals surface area contributed by atoms with Crippen LogP contribution in [-0.2, 0) is 11.3 Å². The van der Waals surface area contributed by atoms with Crippen molar-refractivity contribution in [3.63, 3.8) is 0 Å². The molecular formula is C14H19N3O. The lowest BCUT2D eigenvalue weighted by atomic mass is 10.1. The Morgan fingerprint density at radius 3 is 2.89 bits per heavy atom. The van der Waals surface area contributed by atoms with Crippen LogP contribution in [0.1, 0.15) is 12.5 Å². The summed E-state index contributed by atoms with van der Waals surface area (Å²) < 4.78 is 0. The summed E-state index contributed by atoms with van der Waals surface area (Å²) in [5, 5.41) is 1.16. The van der Waals surface area contributed by atoms with Crippen LogP contribution in [0.25, 0.3) is 10.9 Å². The molecule has 0 aliphatic heterocycles. The Labute approximate surface area is 107 Å². The van der Waals surface area contributed by atoms with Crippen molar-refractivity contribution in [1.29, 1.82) is 0 Å². The molecule has 0 aliphatic carbocycles. The van der Waals surface area contributed by atoms with E-state index in [9.17, 15) is 4.79 Å². The molecule has 0 fully saturated rings. The summed E-state index contributed by atoms with van der Waals surface area (Å²) in [4.78, 5) is 16.9. The van der Waals surface area contributed by atoms with Crippen LogP contribution in [0.4, 0.5) is 0 Å². The maximum atomic E-state index is 12.0. The number of aromatic nitrogens is 1. The van der Waals surface area contributed by atoms with E-state index in [1.165, 1.54) is 0 Å². The molecule has 18 heavy (non-hydrogen) atoms. The van der Waals surface area contributed by atoms with Crippen molar-refractivity contribution in [3.05, 3.63) is 36.0 Å². The summed E-state index contributed by atoms with van der Waals surface area (Å²) in [6.45, 7) is 2.85. The summed E-state index contributed by atoms with van der Waals surface area (Å²) in [6.07, 6.45) is 1.96. The molecule has 3 N–H and O–H groups in total. The van der Waals surface area contributed by atoms with E-state index in [0.29, 0.717) is 13.1 Å². The first-order valence-electron chi connectivity index (χ1n) is 6.13. The second-order valence-corrected chi connectivity index (χ2v) is 4.69. The van der Waals surface area contributed by atoms with Crippen LogP contribution in [0.15, 0.2) is 30.5 Å². The average Bonchev–Trinajstić information content (AvgIpc) is 2.80. The summed E-state index contributed by atoms with van der Waals surface area (Å²) in [7, 11) is 1.82. The van der Waals surface area contributed by atoms with Crippen molar-refractivity contribution in [1.82, 2.24) is 9.88 Å². The number of nitrogens with one attached hydrogen (secondary N) is 1. The van der Waals surface area contributed by atoms with Gasteiger partial charge in [-0.3, -0.25) is 4.79 Å². The minimum absolute atomic E-state index is 0.0859. The highest BCUT2D eigenvalue weighted by molar-refractivity contribution is 5.84. The van der Waals surface area contributed by atoms with Crippen molar-refractivity contribution in [2.45, 2.75) is 13.5 Å². The van der Waals surface area contributed by atoms with Crippen molar-refractivity contribution < 1.29 is 4.79 Å². The largest absolute Gasteiger partial charge is 0.361 e. The van der Waals surface area contributed by atoms with Gasteiger partial charge >= 0.3 is 0 Å². The third kappa shape index (κ3) is 2.38. The van der Waals surface area contributed by atoms with E-state index >= 15 is 0 Å². The van der Waals surface area contributed by atoms with Gasteiger partial charge in [0.05, 0.1) is 0 Å². The first-order chi connectivity index (χ1) is 8.63. The van der Waals surface area contributed by atoms with Gasteiger partial charge in [-0.25, -0.2) is 0 Å². The predicted octanol–water partition coefficient (Wildman–Crippen LogP) is 1.72. The molecule has 1 aromatic carbocycles. The Morgan fingerprint density at radius 2 is 2.17 bits per heavy atom. The normalized spacial score (nSPS) is 12.6. The number of carbonyl (C=O) groups excluding carboxylic acids is 1. The van der Waals surface area contributed by atoms with Gasteiger partial charge in [0.1, 0.15) is 0 Å². The van der Waals surface area contributed by atoms with Crippen LogP contribution in [0.3, 0.4) is 0 Å². The number of rotatable bonds is 4. The van der Waals surface area contributed by atoms with Gasteiger partial charge in [-0.15, -0.1) is 0 Å². The van der Waals surface area contributed by atoms with Crippen LogP contribution in [0.5, 0.6) is 0 Å². The lowest BCUT2D eigenvalue weighted by molar-refractivity contribution is -0.133. The number of H-pyrrole nitrogens is 1. The molecule has 1 aromatic heterocycles. The fourth-order valence-corrected chi connectivity index (χ4v) is 2.07. The van der Waals surface area contributed by atoms with E-state index in [1.54, 1.807) is 4.90 Å². The van der Waals surface area contributed by atoms with Crippen LogP contribution in [0.2, 0.25) is 0 Å². The fraction of sp³-hybridized carbons (Fsp3) is 0.357.